The molecule has 0 aliphatic carbocycles. The summed E-state index contributed by atoms with van der Waals surface area (Å²) >= 11 is 0. The Labute approximate surface area is 110 Å². The van der Waals surface area contributed by atoms with Crippen molar-refractivity contribution in [2.24, 2.45) is 7.05 Å². The van der Waals surface area contributed by atoms with E-state index in [1.54, 1.807) is 6.92 Å². The Hall–Kier alpha value is -2.09. The average molecular weight is 284 g/mol. The van der Waals surface area contributed by atoms with Crippen LogP contribution >= 0.6 is 0 Å². The molecule has 0 aliphatic rings. The van der Waals surface area contributed by atoms with E-state index >= 15 is 0 Å². The molecule has 2 aromatic rings. The first kappa shape index (κ1) is 13.3. The monoisotopic (exact) mass is 284 g/mol. The summed E-state index contributed by atoms with van der Waals surface area (Å²) in [5.74, 6) is -0.597. The fourth-order valence-corrected chi connectivity index (χ4v) is 2.91. The molecule has 6 nitrogen and oxygen atoms in total. The molecule has 0 spiro atoms. The Kier molecular flexibility index (Phi) is 3.19. The number of nitrogens with two attached hydrogens (primary N) is 1. The van der Waals surface area contributed by atoms with Crippen LogP contribution in [0.1, 0.15) is 5.56 Å². The number of nitrogen functional groups attached to an aromatic ring is 1. The first-order valence-electron chi connectivity index (χ1n) is 5.37. The Morgan fingerprint density at radius 1 is 1.42 bits per heavy atom. The number of halogens is 1. The number of hydrogen-bond donors (Lipinski definition) is 2. The number of aromatic nitrogens is 2. The van der Waals surface area contributed by atoms with E-state index in [-0.39, 0.29) is 16.5 Å². The van der Waals surface area contributed by atoms with E-state index in [0.29, 0.717) is 5.56 Å². The van der Waals surface area contributed by atoms with E-state index in [9.17, 15) is 12.8 Å². The number of nitrogens with one attached hydrogen (secondary N) is 1. The molecule has 0 amide bonds. The van der Waals surface area contributed by atoms with Gasteiger partial charge in [0.2, 0.25) is 0 Å². The SMILES string of the molecule is Cc1ccc(NS(=O)(=O)c2c(N)ncn2C)cc1F. The lowest BCUT2D eigenvalue weighted by molar-refractivity contribution is 0.591. The number of aryl methyl sites for hydroxylation is 2. The Morgan fingerprint density at radius 3 is 2.63 bits per heavy atom. The van der Waals surface area contributed by atoms with Gasteiger partial charge >= 0.3 is 0 Å². The zero-order valence-corrected chi connectivity index (χ0v) is 11.2. The van der Waals surface area contributed by atoms with Gasteiger partial charge in [-0.05, 0) is 24.6 Å². The van der Waals surface area contributed by atoms with Crippen molar-refractivity contribution in [1.82, 2.24) is 9.55 Å². The van der Waals surface area contributed by atoms with Crippen molar-refractivity contribution in [3.05, 3.63) is 35.9 Å². The lowest BCUT2D eigenvalue weighted by Crippen LogP contribution is -2.17. The summed E-state index contributed by atoms with van der Waals surface area (Å²) in [6.07, 6.45) is 1.29. The van der Waals surface area contributed by atoms with E-state index in [2.05, 4.69) is 9.71 Å². The van der Waals surface area contributed by atoms with Crippen molar-refractivity contribution in [1.29, 1.82) is 0 Å². The van der Waals surface area contributed by atoms with Crippen molar-refractivity contribution < 1.29 is 12.8 Å². The van der Waals surface area contributed by atoms with Crippen LogP contribution in [0.4, 0.5) is 15.9 Å². The Bertz CT molecular complexity index is 705. The van der Waals surface area contributed by atoms with Crippen molar-refractivity contribution in [2.75, 3.05) is 10.5 Å². The molecule has 0 saturated carbocycles. The zero-order chi connectivity index (χ0) is 14.2. The second-order valence-electron chi connectivity index (χ2n) is 4.12. The quantitative estimate of drug-likeness (QED) is 0.887. The van der Waals surface area contributed by atoms with Crippen molar-refractivity contribution in [3.63, 3.8) is 0 Å². The topological polar surface area (TPSA) is 90.0 Å². The van der Waals surface area contributed by atoms with Gasteiger partial charge in [0.1, 0.15) is 5.82 Å². The van der Waals surface area contributed by atoms with Crippen LogP contribution in [0.3, 0.4) is 0 Å². The summed E-state index contributed by atoms with van der Waals surface area (Å²) in [7, 11) is -2.39. The van der Waals surface area contributed by atoms with Crippen LogP contribution < -0.4 is 10.5 Å². The molecule has 2 rings (SSSR count). The molecule has 0 fully saturated rings. The summed E-state index contributed by atoms with van der Waals surface area (Å²) in [5, 5.41) is -0.159. The van der Waals surface area contributed by atoms with Gasteiger partial charge in [-0.1, -0.05) is 6.07 Å². The third-order valence-electron chi connectivity index (χ3n) is 2.59. The molecule has 8 heteroatoms. The summed E-state index contributed by atoms with van der Waals surface area (Å²) in [5.41, 5.74) is 6.07. The van der Waals surface area contributed by atoms with Crippen molar-refractivity contribution in [2.45, 2.75) is 11.9 Å². The maximum absolute atomic E-state index is 13.4. The minimum atomic E-state index is -3.90. The highest BCUT2D eigenvalue weighted by Gasteiger charge is 2.22. The van der Waals surface area contributed by atoms with E-state index in [0.717, 1.165) is 6.07 Å². The van der Waals surface area contributed by atoms with E-state index in [1.165, 1.54) is 30.1 Å². The molecule has 0 atom stereocenters. The first-order valence-corrected chi connectivity index (χ1v) is 6.85. The second kappa shape index (κ2) is 4.54. The van der Waals surface area contributed by atoms with E-state index in [4.69, 9.17) is 5.73 Å². The van der Waals surface area contributed by atoms with Gasteiger partial charge in [0.15, 0.2) is 10.8 Å². The maximum Gasteiger partial charge on any atom is 0.281 e. The van der Waals surface area contributed by atoms with Crippen LogP contribution in [0, 0.1) is 12.7 Å². The smallest absolute Gasteiger partial charge is 0.281 e. The molecule has 19 heavy (non-hydrogen) atoms. The van der Waals surface area contributed by atoms with Gasteiger partial charge in [-0.2, -0.15) is 8.42 Å². The van der Waals surface area contributed by atoms with Gasteiger partial charge in [0.05, 0.1) is 12.0 Å². The fraction of sp³-hybridized carbons (Fsp3) is 0.182. The minimum absolute atomic E-state index is 0.109. The van der Waals surface area contributed by atoms with Crippen molar-refractivity contribution >= 4 is 21.5 Å². The molecular formula is C11H13FN4O2S. The predicted molar refractivity (Wildman–Crippen MR) is 69.6 cm³/mol. The van der Waals surface area contributed by atoms with E-state index < -0.39 is 15.8 Å². The molecule has 1 aromatic carbocycles. The molecule has 1 heterocycles. The van der Waals surface area contributed by atoms with Gasteiger partial charge in [-0.25, -0.2) is 9.37 Å². The van der Waals surface area contributed by atoms with Gasteiger partial charge in [0, 0.05) is 7.05 Å². The first-order chi connectivity index (χ1) is 8.81. The normalized spacial score (nSPS) is 11.5. The van der Waals surface area contributed by atoms with Crippen LogP contribution in [0.2, 0.25) is 0 Å². The Balaban J connectivity index is 2.39. The minimum Gasteiger partial charge on any atom is -0.381 e. The van der Waals surface area contributed by atoms with Gasteiger partial charge in [0.25, 0.3) is 10.0 Å². The average Bonchev–Trinajstić information content (AvgIpc) is 2.64. The molecule has 0 aliphatic heterocycles. The fourth-order valence-electron chi connectivity index (χ4n) is 1.62. The second-order valence-corrected chi connectivity index (χ2v) is 5.71. The highest BCUT2D eigenvalue weighted by atomic mass is 32.2. The van der Waals surface area contributed by atoms with Crippen LogP contribution in [0.25, 0.3) is 0 Å². The maximum atomic E-state index is 13.4. The van der Waals surface area contributed by atoms with Crippen LogP contribution in [0.15, 0.2) is 29.6 Å². The highest BCUT2D eigenvalue weighted by Crippen LogP contribution is 2.21. The lowest BCUT2D eigenvalue weighted by atomic mass is 10.2. The molecule has 0 saturated heterocycles. The van der Waals surface area contributed by atoms with Crippen LogP contribution in [-0.4, -0.2) is 18.0 Å². The highest BCUT2D eigenvalue weighted by molar-refractivity contribution is 7.92. The zero-order valence-electron chi connectivity index (χ0n) is 10.4. The molecular weight excluding hydrogens is 271 g/mol. The Morgan fingerprint density at radius 2 is 2.11 bits per heavy atom. The van der Waals surface area contributed by atoms with Gasteiger partial charge < -0.3 is 10.3 Å². The number of sulfonamides is 1. The standard InChI is InChI=1S/C11H13FN4O2S/c1-7-3-4-8(5-9(7)12)15-19(17,18)11-10(13)14-6-16(11)2/h3-6,15H,13H2,1-2H3. The number of anilines is 2. The van der Waals surface area contributed by atoms with E-state index in [1.807, 2.05) is 0 Å². The molecule has 102 valence electrons. The largest absolute Gasteiger partial charge is 0.381 e. The predicted octanol–water partition coefficient (Wildman–Crippen LogP) is 1.25. The summed E-state index contributed by atoms with van der Waals surface area (Å²) in [4.78, 5) is 3.70. The molecule has 0 unspecified atom stereocenters. The van der Waals surface area contributed by atoms with Crippen LogP contribution in [0.5, 0.6) is 0 Å². The summed E-state index contributed by atoms with van der Waals surface area (Å²) in [6, 6.07) is 4.07. The van der Waals surface area contributed by atoms with Crippen molar-refractivity contribution in [3.8, 4) is 0 Å². The molecule has 0 bridgehead atoms. The summed E-state index contributed by atoms with van der Waals surface area (Å²) in [6.45, 7) is 1.59. The third-order valence-corrected chi connectivity index (χ3v) is 4.10. The number of benzene rings is 1. The number of rotatable bonds is 3. The lowest BCUT2D eigenvalue weighted by Gasteiger charge is -2.09. The number of hydrogen-bond acceptors (Lipinski definition) is 4. The molecule has 3 N–H and O–H groups in total. The number of imidazole rings is 1. The number of nitrogens with zero attached hydrogens (tertiary/aromatic N) is 2. The molecule has 1 aromatic heterocycles. The van der Waals surface area contributed by atoms with Gasteiger partial charge in [-0.3, -0.25) is 4.72 Å². The molecule has 0 radical (unpaired) electrons. The third kappa shape index (κ3) is 2.53. The van der Waals surface area contributed by atoms with Gasteiger partial charge in [-0.15, -0.1) is 0 Å². The van der Waals surface area contributed by atoms with Crippen LogP contribution in [-0.2, 0) is 17.1 Å². The summed E-state index contributed by atoms with van der Waals surface area (Å²) < 4.78 is 41.2.